The first kappa shape index (κ1) is 15.2. The highest BCUT2D eigenvalue weighted by Crippen LogP contribution is 2.39. The number of benzene rings is 1. The summed E-state index contributed by atoms with van der Waals surface area (Å²) in [5, 5.41) is 10.6. The SMILES string of the molecule is O=C(/C=C/c1ccc(F)cc1)N1CC[C@]2(O)CCCC[C@@H]2C1. The van der Waals surface area contributed by atoms with Crippen molar-refractivity contribution < 1.29 is 14.3 Å². The van der Waals surface area contributed by atoms with E-state index in [1.54, 1.807) is 24.3 Å². The van der Waals surface area contributed by atoms with Gasteiger partial charge < -0.3 is 10.0 Å². The monoisotopic (exact) mass is 303 g/mol. The van der Waals surface area contributed by atoms with Crippen molar-refractivity contribution in [2.75, 3.05) is 13.1 Å². The number of carbonyl (C=O) groups is 1. The second-order valence-electron chi connectivity index (χ2n) is 6.47. The van der Waals surface area contributed by atoms with Crippen molar-refractivity contribution in [1.29, 1.82) is 0 Å². The molecule has 0 bridgehead atoms. The summed E-state index contributed by atoms with van der Waals surface area (Å²) in [6.07, 6.45) is 8.02. The number of aliphatic hydroxyl groups is 1. The molecule has 1 N–H and O–H groups in total. The predicted octanol–water partition coefficient (Wildman–Crippen LogP) is 2.99. The topological polar surface area (TPSA) is 40.5 Å². The van der Waals surface area contributed by atoms with E-state index in [4.69, 9.17) is 0 Å². The first-order valence-electron chi connectivity index (χ1n) is 8.02. The van der Waals surface area contributed by atoms with Crippen molar-refractivity contribution in [3.05, 3.63) is 41.7 Å². The molecule has 1 saturated heterocycles. The molecule has 3 nitrogen and oxygen atoms in total. The van der Waals surface area contributed by atoms with E-state index in [1.165, 1.54) is 12.1 Å². The van der Waals surface area contributed by atoms with Gasteiger partial charge in [-0.2, -0.15) is 0 Å². The van der Waals surface area contributed by atoms with Crippen LogP contribution in [0, 0.1) is 11.7 Å². The first-order valence-corrected chi connectivity index (χ1v) is 8.02. The Morgan fingerprint density at radius 2 is 2.05 bits per heavy atom. The smallest absolute Gasteiger partial charge is 0.246 e. The van der Waals surface area contributed by atoms with Crippen molar-refractivity contribution in [1.82, 2.24) is 4.90 Å². The van der Waals surface area contributed by atoms with E-state index in [0.717, 1.165) is 31.2 Å². The molecule has 1 aliphatic carbocycles. The van der Waals surface area contributed by atoms with E-state index in [9.17, 15) is 14.3 Å². The number of hydrogen-bond acceptors (Lipinski definition) is 2. The van der Waals surface area contributed by atoms with Crippen LogP contribution in [-0.2, 0) is 4.79 Å². The maximum Gasteiger partial charge on any atom is 0.246 e. The maximum absolute atomic E-state index is 12.8. The number of rotatable bonds is 2. The molecule has 4 heteroatoms. The third kappa shape index (κ3) is 3.22. The molecule has 0 spiro atoms. The quantitative estimate of drug-likeness (QED) is 0.853. The van der Waals surface area contributed by atoms with Gasteiger partial charge in [-0.1, -0.05) is 25.0 Å². The summed E-state index contributed by atoms with van der Waals surface area (Å²) < 4.78 is 12.8. The Morgan fingerprint density at radius 3 is 2.82 bits per heavy atom. The normalized spacial score (nSPS) is 28.6. The highest BCUT2D eigenvalue weighted by atomic mass is 19.1. The summed E-state index contributed by atoms with van der Waals surface area (Å²) in [4.78, 5) is 14.1. The lowest BCUT2D eigenvalue weighted by molar-refractivity contribution is -0.138. The lowest BCUT2D eigenvalue weighted by Gasteiger charge is -2.47. The molecule has 1 heterocycles. The van der Waals surface area contributed by atoms with Crippen LogP contribution in [0.2, 0.25) is 0 Å². The van der Waals surface area contributed by atoms with Gasteiger partial charge in [0, 0.05) is 25.1 Å². The molecule has 1 aromatic rings. The molecule has 1 saturated carbocycles. The zero-order valence-corrected chi connectivity index (χ0v) is 12.7. The number of fused-ring (bicyclic) bond motifs is 1. The molecule has 2 aliphatic rings. The largest absolute Gasteiger partial charge is 0.389 e. The van der Waals surface area contributed by atoms with E-state index < -0.39 is 5.60 Å². The van der Waals surface area contributed by atoms with Crippen molar-refractivity contribution in [2.45, 2.75) is 37.7 Å². The molecular formula is C18H22FNO2. The summed E-state index contributed by atoms with van der Waals surface area (Å²) in [7, 11) is 0. The van der Waals surface area contributed by atoms with Gasteiger partial charge in [-0.05, 0) is 43.0 Å². The highest BCUT2D eigenvalue weighted by Gasteiger charge is 2.43. The zero-order valence-electron chi connectivity index (χ0n) is 12.7. The molecule has 0 unspecified atom stereocenters. The molecule has 3 rings (SSSR count). The number of amides is 1. The second-order valence-corrected chi connectivity index (χ2v) is 6.47. The van der Waals surface area contributed by atoms with Crippen LogP contribution in [0.4, 0.5) is 4.39 Å². The van der Waals surface area contributed by atoms with Gasteiger partial charge in [0.15, 0.2) is 0 Å². The minimum absolute atomic E-state index is 0.0306. The predicted molar refractivity (Wildman–Crippen MR) is 83.5 cm³/mol. The zero-order chi connectivity index (χ0) is 15.6. The van der Waals surface area contributed by atoms with E-state index in [-0.39, 0.29) is 17.6 Å². The van der Waals surface area contributed by atoms with Crippen molar-refractivity contribution in [3.63, 3.8) is 0 Å². The summed E-state index contributed by atoms with van der Waals surface area (Å²) in [5.41, 5.74) is 0.247. The third-order valence-corrected chi connectivity index (χ3v) is 5.03. The molecular weight excluding hydrogens is 281 g/mol. The van der Waals surface area contributed by atoms with Gasteiger partial charge in [0.1, 0.15) is 5.82 Å². The lowest BCUT2D eigenvalue weighted by atomic mass is 9.71. The fourth-order valence-corrected chi connectivity index (χ4v) is 3.62. The van der Waals surface area contributed by atoms with Crippen LogP contribution in [0.1, 0.15) is 37.7 Å². The Balaban J connectivity index is 1.62. The standard InChI is InChI=1S/C18H22FNO2/c19-16-7-4-14(5-8-16)6-9-17(21)20-12-11-18(22)10-2-1-3-15(18)13-20/h4-9,15,22H,1-3,10-13H2/b9-6+/t15-,18-/m1/s1. The Kier molecular flexibility index (Phi) is 4.30. The van der Waals surface area contributed by atoms with E-state index in [0.29, 0.717) is 19.5 Å². The van der Waals surface area contributed by atoms with Gasteiger partial charge in [-0.15, -0.1) is 0 Å². The third-order valence-electron chi connectivity index (χ3n) is 5.03. The van der Waals surface area contributed by atoms with Crippen LogP contribution in [0.15, 0.2) is 30.3 Å². The first-order chi connectivity index (χ1) is 10.6. The van der Waals surface area contributed by atoms with Crippen LogP contribution in [0.25, 0.3) is 6.08 Å². The molecule has 118 valence electrons. The second kappa shape index (κ2) is 6.21. The van der Waals surface area contributed by atoms with Crippen LogP contribution in [0.3, 0.4) is 0 Å². The number of carbonyl (C=O) groups excluding carboxylic acids is 1. The van der Waals surface area contributed by atoms with Crippen molar-refractivity contribution in [2.24, 2.45) is 5.92 Å². The lowest BCUT2D eigenvalue weighted by Crippen LogP contribution is -2.54. The van der Waals surface area contributed by atoms with E-state index in [1.807, 2.05) is 4.90 Å². The Morgan fingerprint density at radius 1 is 1.27 bits per heavy atom. The fourth-order valence-electron chi connectivity index (χ4n) is 3.62. The molecule has 1 aliphatic heterocycles. The average molecular weight is 303 g/mol. The van der Waals surface area contributed by atoms with Gasteiger partial charge in [0.25, 0.3) is 0 Å². The minimum atomic E-state index is -0.560. The van der Waals surface area contributed by atoms with E-state index >= 15 is 0 Å². The number of likely N-dealkylation sites (tertiary alicyclic amines) is 1. The highest BCUT2D eigenvalue weighted by molar-refractivity contribution is 5.91. The van der Waals surface area contributed by atoms with Crippen LogP contribution in [-0.4, -0.2) is 34.6 Å². The molecule has 1 aromatic carbocycles. The minimum Gasteiger partial charge on any atom is -0.389 e. The average Bonchev–Trinajstić information content (AvgIpc) is 2.53. The van der Waals surface area contributed by atoms with Gasteiger partial charge in [-0.25, -0.2) is 4.39 Å². The van der Waals surface area contributed by atoms with Gasteiger partial charge in [0.2, 0.25) is 5.91 Å². The Hall–Kier alpha value is -1.68. The fraction of sp³-hybridized carbons (Fsp3) is 0.500. The summed E-state index contributed by atoms with van der Waals surface area (Å²) in [5.74, 6) is -0.105. The Labute approximate surface area is 130 Å². The summed E-state index contributed by atoms with van der Waals surface area (Å²) in [6, 6.07) is 6.06. The molecule has 1 amide bonds. The van der Waals surface area contributed by atoms with Crippen LogP contribution in [0.5, 0.6) is 0 Å². The molecule has 2 atom stereocenters. The van der Waals surface area contributed by atoms with Gasteiger partial charge in [0.05, 0.1) is 5.60 Å². The molecule has 2 fully saturated rings. The van der Waals surface area contributed by atoms with Crippen LogP contribution < -0.4 is 0 Å². The number of piperidine rings is 1. The Bertz CT molecular complexity index is 569. The maximum atomic E-state index is 12.8. The molecule has 0 radical (unpaired) electrons. The number of nitrogens with zero attached hydrogens (tertiary/aromatic N) is 1. The summed E-state index contributed by atoms with van der Waals surface area (Å²) in [6.45, 7) is 1.25. The van der Waals surface area contributed by atoms with Crippen molar-refractivity contribution >= 4 is 12.0 Å². The van der Waals surface area contributed by atoms with Crippen molar-refractivity contribution in [3.8, 4) is 0 Å². The number of hydrogen-bond donors (Lipinski definition) is 1. The molecule has 22 heavy (non-hydrogen) atoms. The van der Waals surface area contributed by atoms with E-state index in [2.05, 4.69) is 0 Å². The number of halogens is 1. The van der Waals surface area contributed by atoms with Gasteiger partial charge in [-0.3, -0.25) is 4.79 Å². The molecule has 0 aromatic heterocycles. The van der Waals surface area contributed by atoms with Gasteiger partial charge >= 0.3 is 0 Å². The summed E-state index contributed by atoms with van der Waals surface area (Å²) >= 11 is 0. The van der Waals surface area contributed by atoms with Crippen LogP contribution >= 0.6 is 0 Å².